The number of rotatable bonds is 4. The second-order valence-electron chi connectivity index (χ2n) is 17.9. The van der Waals surface area contributed by atoms with Crippen LogP contribution in [0.1, 0.15) is 97.3 Å². The molecule has 4 aromatic carbocycles. The third-order valence-corrected chi connectivity index (χ3v) is 14.6. The molecule has 8 atom stereocenters. The van der Waals surface area contributed by atoms with Gasteiger partial charge in [-0.3, -0.25) is 0 Å². The molecular formula is C44H32F20N4. The first-order chi connectivity index (χ1) is 32.1. The van der Waals surface area contributed by atoms with Gasteiger partial charge in [0.1, 0.15) is 0 Å². The van der Waals surface area contributed by atoms with E-state index in [2.05, 4.69) is 21.3 Å². The van der Waals surface area contributed by atoms with Gasteiger partial charge in [-0.25, -0.2) is 87.8 Å². The second kappa shape index (κ2) is 17.6. The van der Waals surface area contributed by atoms with E-state index in [9.17, 15) is 17.6 Å². The molecule has 4 nitrogen and oxygen atoms in total. The van der Waals surface area contributed by atoms with Crippen molar-refractivity contribution in [3.8, 4) is 0 Å². The Hall–Kier alpha value is -4.68. The first-order valence-corrected chi connectivity index (χ1v) is 21.2. The fraction of sp³-hybridized carbons (Fsp3) is 0.455. The zero-order valence-electron chi connectivity index (χ0n) is 34.1. The zero-order valence-corrected chi connectivity index (χ0v) is 34.1. The number of nitrogens with one attached hydrogen (secondary N) is 4. The quantitative estimate of drug-likeness (QED) is 0.0935. The highest BCUT2D eigenvalue weighted by atomic mass is 19.2. The van der Waals surface area contributed by atoms with E-state index in [1.54, 1.807) is 0 Å². The zero-order chi connectivity index (χ0) is 49.3. The summed E-state index contributed by atoms with van der Waals surface area (Å²) in [6, 6.07) is -12.7. The van der Waals surface area contributed by atoms with E-state index in [1.807, 2.05) is 0 Å². The average molecular weight is 997 g/mol. The Kier molecular flexibility index (Phi) is 12.5. The van der Waals surface area contributed by atoms with Crippen LogP contribution in [0.25, 0.3) is 0 Å². The first-order valence-electron chi connectivity index (χ1n) is 21.2. The van der Waals surface area contributed by atoms with E-state index >= 15 is 70.2 Å². The molecule has 4 N–H and O–H groups in total. The Labute approximate surface area is 370 Å². The highest BCUT2D eigenvalue weighted by Crippen LogP contribution is 2.49. The Morgan fingerprint density at radius 1 is 0.176 bits per heavy atom. The van der Waals surface area contributed by atoms with Crippen molar-refractivity contribution >= 4 is 0 Å². The van der Waals surface area contributed by atoms with E-state index in [-0.39, 0.29) is 0 Å². The van der Waals surface area contributed by atoms with Gasteiger partial charge in [0.15, 0.2) is 93.1 Å². The van der Waals surface area contributed by atoms with Crippen LogP contribution in [-0.4, -0.2) is 48.3 Å². The van der Waals surface area contributed by atoms with Gasteiger partial charge in [-0.05, 0) is 51.4 Å². The summed E-state index contributed by atoms with van der Waals surface area (Å²) in [5.41, 5.74) is -5.93. The summed E-state index contributed by atoms with van der Waals surface area (Å²) in [6.07, 6.45) is -3.55. The standard InChI is InChI=1S/C44H32F20N4/c45-25-21(26(46)34(54)41(61)33(25)53)17-9-1-2-10(65-9)18(22-27(47)35(55)42(62)36(56)28(22)48)12-5-6-14(67-12)20(24-31(51)39(59)44(64)40(60)32(24)52)16-8-7-15(68-16)19(13-4-3-11(17)66-13)23-29(49)37(57)43(63)38(58)30(23)50/h9-20,65-68H,1-8H2. The first kappa shape index (κ1) is 48.3. The van der Waals surface area contributed by atoms with Crippen LogP contribution in [0.4, 0.5) is 87.8 Å². The molecule has 8 bridgehead atoms. The lowest BCUT2D eigenvalue weighted by Gasteiger charge is -2.38. The summed E-state index contributed by atoms with van der Waals surface area (Å²) in [6.45, 7) is 0. The van der Waals surface area contributed by atoms with Gasteiger partial charge in [0.2, 0.25) is 23.3 Å². The Morgan fingerprint density at radius 3 is 0.397 bits per heavy atom. The molecule has 68 heavy (non-hydrogen) atoms. The van der Waals surface area contributed by atoms with E-state index in [0.29, 0.717) is 0 Å². The third kappa shape index (κ3) is 7.26. The molecule has 5 fully saturated rings. The van der Waals surface area contributed by atoms with Crippen molar-refractivity contribution < 1.29 is 87.8 Å². The van der Waals surface area contributed by atoms with Gasteiger partial charge in [0.25, 0.3) is 0 Å². The van der Waals surface area contributed by atoms with Crippen LogP contribution in [0, 0.1) is 116 Å². The van der Waals surface area contributed by atoms with E-state index in [0.717, 1.165) is 0 Å². The Morgan fingerprint density at radius 2 is 0.279 bits per heavy atom. The van der Waals surface area contributed by atoms with Crippen LogP contribution in [0.2, 0.25) is 0 Å². The summed E-state index contributed by atoms with van der Waals surface area (Å²) in [7, 11) is 0. The normalized spacial score (nSPS) is 30.5. The maximum atomic E-state index is 16.0. The second-order valence-corrected chi connectivity index (χ2v) is 17.9. The van der Waals surface area contributed by atoms with Crippen molar-refractivity contribution in [3.05, 3.63) is 139 Å². The molecule has 0 aliphatic carbocycles. The lowest BCUT2D eigenvalue weighted by Crippen LogP contribution is -2.52. The minimum Gasteiger partial charge on any atom is -0.310 e. The highest BCUT2D eigenvalue weighted by molar-refractivity contribution is 5.38. The minimum atomic E-state index is -2.59. The minimum absolute atomic E-state index is 0.444. The van der Waals surface area contributed by atoms with Crippen molar-refractivity contribution in [2.75, 3.05) is 0 Å². The molecule has 5 aliphatic rings. The number of hydrogen-bond donors (Lipinski definition) is 4. The third-order valence-electron chi connectivity index (χ3n) is 14.6. The van der Waals surface area contributed by atoms with Gasteiger partial charge < -0.3 is 21.3 Å². The largest absolute Gasteiger partial charge is 0.310 e. The molecule has 5 saturated heterocycles. The topological polar surface area (TPSA) is 48.1 Å². The molecule has 0 aromatic heterocycles. The molecule has 0 saturated carbocycles. The monoisotopic (exact) mass is 996 g/mol. The summed E-state index contributed by atoms with van der Waals surface area (Å²) in [5.74, 6) is -56.7. The van der Waals surface area contributed by atoms with Crippen molar-refractivity contribution in [1.82, 2.24) is 21.3 Å². The van der Waals surface area contributed by atoms with Crippen molar-refractivity contribution in [2.45, 2.75) is 123 Å². The molecule has 9 rings (SSSR count). The summed E-state index contributed by atoms with van der Waals surface area (Å²) in [5, 5.41) is 11.2. The lowest BCUT2D eigenvalue weighted by atomic mass is 9.82. The molecule has 5 heterocycles. The molecule has 0 amide bonds. The molecule has 0 spiro atoms. The van der Waals surface area contributed by atoms with E-state index in [1.165, 1.54) is 0 Å². The number of hydrogen-bond acceptors (Lipinski definition) is 4. The average Bonchev–Trinajstić information content (AvgIpc) is 4.18. The van der Waals surface area contributed by atoms with Crippen LogP contribution >= 0.6 is 0 Å². The summed E-state index contributed by atoms with van der Waals surface area (Å²) < 4.78 is 306. The van der Waals surface area contributed by atoms with Gasteiger partial charge >= 0.3 is 0 Å². The van der Waals surface area contributed by atoms with Crippen molar-refractivity contribution in [3.63, 3.8) is 0 Å². The lowest BCUT2D eigenvalue weighted by molar-refractivity contribution is 0.274. The van der Waals surface area contributed by atoms with Gasteiger partial charge in [-0.1, -0.05) is 0 Å². The molecule has 8 unspecified atom stereocenters. The van der Waals surface area contributed by atoms with Gasteiger partial charge in [0.05, 0.1) is 0 Å². The van der Waals surface area contributed by atoms with Crippen molar-refractivity contribution in [1.29, 1.82) is 0 Å². The van der Waals surface area contributed by atoms with Crippen LogP contribution in [-0.2, 0) is 0 Å². The Balaban J connectivity index is 1.27. The van der Waals surface area contributed by atoms with Gasteiger partial charge in [-0.15, -0.1) is 0 Å². The van der Waals surface area contributed by atoms with Gasteiger partial charge in [0, 0.05) is 94.3 Å². The molecule has 24 heteroatoms. The number of fused-ring (bicyclic) bond motifs is 8. The molecule has 368 valence electrons. The molecular weight excluding hydrogens is 964 g/mol. The van der Waals surface area contributed by atoms with E-state index < -0.39 is 262 Å². The van der Waals surface area contributed by atoms with Gasteiger partial charge in [-0.2, -0.15) is 0 Å². The van der Waals surface area contributed by atoms with Crippen molar-refractivity contribution in [2.24, 2.45) is 0 Å². The summed E-state index contributed by atoms with van der Waals surface area (Å²) >= 11 is 0. The fourth-order valence-electron chi connectivity index (χ4n) is 11.9. The van der Waals surface area contributed by atoms with Crippen LogP contribution in [0.5, 0.6) is 0 Å². The maximum absolute atomic E-state index is 16.0. The smallest absolute Gasteiger partial charge is 0.200 e. The molecule has 5 aliphatic heterocycles. The van der Waals surface area contributed by atoms with Crippen LogP contribution < -0.4 is 21.3 Å². The Bertz CT molecular complexity index is 2210. The van der Waals surface area contributed by atoms with E-state index in [4.69, 9.17) is 0 Å². The predicted molar refractivity (Wildman–Crippen MR) is 196 cm³/mol. The highest BCUT2D eigenvalue weighted by Gasteiger charge is 2.54. The number of benzene rings is 4. The number of halogens is 20. The SMILES string of the molecule is Fc1c(F)c(F)c(C2C3CCC(N3)C(c3c(F)c(F)c(F)c(F)c3F)C3CCC(N3)C(c3c(F)c(F)c(F)c(F)c3F)C3CCC(N3)C(c3c(F)c(F)c(F)c(F)c3F)C3CCC2N3)c(F)c1F. The molecule has 0 radical (unpaired) electrons. The molecule has 4 aromatic rings. The predicted octanol–water partition coefficient (Wildman–Crippen LogP) is 10.4. The summed E-state index contributed by atoms with van der Waals surface area (Å²) in [4.78, 5) is 0. The fourth-order valence-corrected chi connectivity index (χ4v) is 11.9. The van der Waals surface area contributed by atoms with Crippen LogP contribution in [0.15, 0.2) is 0 Å². The maximum Gasteiger partial charge on any atom is 0.200 e. The van der Waals surface area contributed by atoms with Crippen LogP contribution in [0.3, 0.4) is 0 Å².